The SMILES string of the molecule is CCN(C)C=Nc1cc(Br)c(N=S(=O)(CCC(C)C)c2cccc(OC)c2)nc1C. The van der Waals surface area contributed by atoms with Gasteiger partial charge < -0.3 is 9.64 Å². The number of nitrogens with zero attached hydrogens (tertiary/aromatic N) is 4. The molecule has 30 heavy (non-hydrogen) atoms. The molecule has 0 aliphatic carbocycles. The molecular formula is C22H31BrN4O2S. The maximum atomic E-state index is 14.0. The summed E-state index contributed by atoms with van der Waals surface area (Å²) in [6, 6.07) is 9.19. The van der Waals surface area contributed by atoms with E-state index >= 15 is 0 Å². The van der Waals surface area contributed by atoms with Crippen LogP contribution < -0.4 is 4.74 Å². The van der Waals surface area contributed by atoms with E-state index in [1.54, 1.807) is 19.5 Å². The van der Waals surface area contributed by atoms with Crippen molar-refractivity contribution in [1.29, 1.82) is 0 Å². The highest BCUT2D eigenvalue weighted by Gasteiger charge is 2.17. The minimum atomic E-state index is -2.72. The van der Waals surface area contributed by atoms with Gasteiger partial charge in [-0.1, -0.05) is 19.9 Å². The van der Waals surface area contributed by atoms with E-state index in [9.17, 15) is 4.21 Å². The zero-order valence-electron chi connectivity index (χ0n) is 18.6. The summed E-state index contributed by atoms with van der Waals surface area (Å²) in [6.07, 6.45) is 2.57. The summed E-state index contributed by atoms with van der Waals surface area (Å²) in [5.41, 5.74) is 1.48. The largest absolute Gasteiger partial charge is 0.497 e. The molecule has 2 rings (SSSR count). The number of methoxy groups -OCH3 is 1. The fourth-order valence-electron chi connectivity index (χ4n) is 2.55. The molecule has 0 aliphatic rings. The number of pyridine rings is 1. The Balaban J connectivity index is 2.56. The van der Waals surface area contributed by atoms with Crippen LogP contribution in [0.4, 0.5) is 11.5 Å². The van der Waals surface area contributed by atoms with E-state index in [-0.39, 0.29) is 0 Å². The highest BCUT2D eigenvalue weighted by Crippen LogP contribution is 2.33. The predicted molar refractivity (Wildman–Crippen MR) is 129 cm³/mol. The fraction of sp³-hybridized carbons (Fsp3) is 0.455. The highest BCUT2D eigenvalue weighted by molar-refractivity contribution is 9.10. The normalized spacial score (nSPS) is 13.5. The van der Waals surface area contributed by atoms with Crippen LogP contribution in [0.2, 0.25) is 0 Å². The third-order valence-corrected chi connectivity index (χ3v) is 7.46. The van der Waals surface area contributed by atoms with Gasteiger partial charge in [0, 0.05) is 19.3 Å². The quantitative estimate of drug-likeness (QED) is 0.317. The van der Waals surface area contributed by atoms with Crippen molar-refractivity contribution < 1.29 is 8.95 Å². The molecule has 1 atom stereocenters. The molecule has 0 bridgehead atoms. The van der Waals surface area contributed by atoms with Gasteiger partial charge in [0.15, 0.2) is 5.82 Å². The van der Waals surface area contributed by atoms with Crippen molar-refractivity contribution in [3.63, 3.8) is 0 Å². The number of aliphatic imine (C=N–C) groups is 1. The molecule has 0 aliphatic heterocycles. The van der Waals surface area contributed by atoms with E-state index in [0.29, 0.717) is 32.6 Å². The maximum Gasteiger partial charge on any atom is 0.176 e. The van der Waals surface area contributed by atoms with E-state index in [4.69, 9.17) is 4.74 Å². The first-order valence-corrected chi connectivity index (χ1v) is 12.5. The number of aromatic nitrogens is 1. The van der Waals surface area contributed by atoms with Crippen LogP contribution in [-0.4, -0.2) is 46.9 Å². The van der Waals surface area contributed by atoms with Crippen molar-refractivity contribution in [3.8, 4) is 5.75 Å². The fourth-order valence-corrected chi connectivity index (χ4v) is 5.29. The standard InChI is InChI=1S/C22H31BrN4O2S/c1-7-27(5)15-24-21-14-20(23)22(25-17(21)4)26-30(28,12-11-16(2)3)19-10-8-9-18(13-19)29-6/h8-10,13-16H,7,11-12H2,1-6H3. The Labute approximate surface area is 189 Å². The summed E-state index contributed by atoms with van der Waals surface area (Å²) >= 11 is 3.54. The molecule has 8 heteroatoms. The number of hydrogen-bond donors (Lipinski definition) is 0. The molecular weight excluding hydrogens is 464 g/mol. The molecule has 0 spiro atoms. The Kier molecular flexibility index (Phi) is 8.85. The number of halogens is 1. The maximum absolute atomic E-state index is 14.0. The summed E-state index contributed by atoms with van der Waals surface area (Å²) < 4.78 is 24.7. The molecule has 0 radical (unpaired) electrons. The number of ether oxygens (including phenoxy) is 1. The zero-order valence-corrected chi connectivity index (χ0v) is 21.0. The lowest BCUT2D eigenvalue weighted by atomic mass is 10.2. The summed E-state index contributed by atoms with van der Waals surface area (Å²) in [5, 5.41) is 0. The van der Waals surface area contributed by atoms with Crippen LogP contribution in [0.1, 0.15) is 32.9 Å². The molecule has 0 saturated heterocycles. The number of rotatable bonds is 9. The van der Waals surface area contributed by atoms with Gasteiger partial charge in [-0.15, -0.1) is 0 Å². The molecule has 1 unspecified atom stereocenters. The molecule has 164 valence electrons. The average Bonchev–Trinajstić information content (AvgIpc) is 2.73. The van der Waals surface area contributed by atoms with Crippen molar-refractivity contribution >= 4 is 43.5 Å². The van der Waals surface area contributed by atoms with Crippen LogP contribution in [0.5, 0.6) is 5.75 Å². The van der Waals surface area contributed by atoms with Crippen LogP contribution in [0.25, 0.3) is 0 Å². The Morgan fingerprint density at radius 3 is 2.70 bits per heavy atom. The minimum absolute atomic E-state index is 0.414. The Morgan fingerprint density at radius 2 is 2.07 bits per heavy atom. The van der Waals surface area contributed by atoms with Crippen molar-refractivity contribution in [3.05, 3.63) is 40.5 Å². The van der Waals surface area contributed by atoms with Crippen molar-refractivity contribution in [2.24, 2.45) is 15.3 Å². The molecule has 1 heterocycles. The van der Waals surface area contributed by atoms with Gasteiger partial charge in [0.25, 0.3) is 0 Å². The van der Waals surface area contributed by atoms with Crippen LogP contribution in [0.3, 0.4) is 0 Å². The topological polar surface area (TPSA) is 67.2 Å². The third-order valence-electron chi connectivity index (χ3n) is 4.63. The summed E-state index contributed by atoms with van der Waals surface area (Å²) in [5.74, 6) is 1.95. The molecule has 1 aromatic carbocycles. The Bertz CT molecular complexity index is 1010. The van der Waals surface area contributed by atoms with Crippen LogP contribution in [0, 0.1) is 12.8 Å². The second-order valence-corrected chi connectivity index (χ2v) is 10.7. The molecule has 1 aromatic heterocycles. The molecule has 2 aromatic rings. The molecule has 0 fully saturated rings. The Hall–Kier alpha value is -1.93. The molecule has 0 amide bonds. The van der Waals surface area contributed by atoms with Crippen LogP contribution >= 0.6 is 15.9 Å². The van der Waals surface area contributed by atoms with Gasteiger partial charge in [0.05, 0.1) is 43.9 Å². The number of hydrogen-bond acceptors (Lipinski definition) is 5. The van der Waals surface area contributed by atoms with E-state index in [2.05, 4.69) is 51.0 Å². The first-order valence-electron chi connectivity index (χ1n) is 9.99. The van der Waals surface area contributed by atoms with Gasteiger partial charge in [-0.3, -0.25) is 0 Å². The first-order chi connectivity index (χ1) is 14.2. The number of aryl methyl sites for hydroxylation is 1. The van der Waals surface area contributed by atoms with E-state index in [1.165, 1.54) is 0 Å². The summed E-state index contributed by atoms with van der Waals surface area (Å²) in [7, 11) is 0.837. The zero-order chi connectivity index (χ0) is 22.3. The second-order valence-electron chi connectivity index (χ2n) is 7.51. The van der Waals surface area contributed by atoms with Crippen LogP contribution in [-0.2, 0) is 9.73 Å². The van der Waals surface area contributed by atoms with Crippen molar-refractivity contribution in [1.82, 2.24) is 9.88 Å². The molecule has 6 nitrogen and oxygen atoms in total. The van der Waals surface area contributed by atoms with Gasteiger partial charge in [0.2, 0.25) is 0 Å². The van der Waals surface area contributed by atoms with Gasteiger partial charge in [-0.25, -0.2) is 14.2 Å². The van der Waals surface area contributed by atoms with Gasteiger partial charge in [-0.2, -0.15) is 4.36 Å². The van der Waals surface area contributed by atoms with E-state index < -0.39 is 9.73 Å². The first kappa shape index (κ1) is 24.3. The Morgan fingerprint density at radius 1 is 1.33 bits per heavy atom. The van der Waals surface area contributed by atoms with Crippen molar-refractivity contribution in [2.75, 3.05) is 26.5 Å². The number of benzene rings is 1. The van der Waals surface area contributed by atoms with Gasteiger partial charge >= 0.3 is 0 Å². The average molecular weight is 495 g/mol. The summed E-state index contributed by atoms with van der Waals surface area (Å²) in [4.78, 5) is 11.7. The highest BCUT2D eigenvalue weighted by atomic mass is 79.9. The smallest absolute Gasteiger partial charge is 0.176 e. The third kappa shape index (κ3) is 6.54. The molecule has 0 N–H and O–H groups in total. The van der Waals surface area contributed by atoms with Crippen molar-refractivity contribution in [2.45, 2.75) is 39.0 Å². The second kappa shape index (κ2) is 10.9. The predicted octanol–water partition coefficient (Wildman–Crippen LogP) is 5.98. The van der Waals surface area contributed by atoms with Crippen LogP contribution in [0.15, 0.2) is 49.1 Å². The van der Waals surface area contributed by atoms with E-state index in [1.807, 2.05) is 43.1 Å². The lowest BCUT2D eigenvalue weighted by molar-refractivity contribution is 0.413. The minimum Gasteiger partial charge on any atom is -0.497 e. The van der Waals surface area contributed by atoms with Gasteiger partial charge in [0.1, 0.15) is 5.75 Å². The molecule has 0 saturated carbocycles. The lowest BCUT2D eigenvalue weighted by Crippen LogP contribution is -2.14. The monoisotopic (exact) mass is 494 g/mol. The summed E-state index contributed by atoms with van der Waals surface area (Å²) in [6.45, 7) is 9.03. The van der Waals surface area contributed by atoms with E-state index in [0.717, 1.165) is 24.3 Å². The van der Waals surface area contributed by atoms with Gasteiger partial charge in [-0.05, 0) is 66.4 Å². The lowest BCUT2D eigenvalue weighted by Gasteiger charge is -2.14.